The molecule has 17 heavy (non-hydrogen) atoms. The summed E-state index contributed by atoms with van der Waals surface area (Å²) in [5.41, 5.74) is 6.69. The number of aromatic nitrogens is 2. The largest absolute Gasteiger partial charge is 0.356 e. The van der Waals surface area contributed by atoms with Crippen LogP contribution in [0.4, 0.5) is 5.82 Å². The smallest absolute Gasteiger partial charge is 0.132 e. The molecule has 4 nitrogen and oxygen atoms in total. The van der Waals surface area contributed by atoms with E-state index in [1.54, 1.807) is 0 Å². The van der Waals surface area contributed by atoms with Crippen molar-refractivity contribution in [1.29, 1.82) is 0 Å². The SMILES string of the molecule is CCCN(CCCN)c1cc(CC)nc(C)n1. The van der Waals surface area contributed by atoms with Gasteiger partial charge in [-0.1, -0.05) is 13.8 Å². The van der Waals surface area contributed by atoms with Gasteiger partial charge in [-0.25, -0.2) is 9.97 Å². The van der Waals surface area contributed by atoms with Gasteiger partial charge in [-0.15, -0.1) is 0 Å². The number of rotatable bonds is 7. The van der Waals surface area contributed by atoms with Gasteiger partial charge < -0.3 is 10.6 Å². The van der Waals surface area contributed by atoms with Crippen LogP contribution in [0.1, 0.15) is 38.2 Å². The lowest BCUT2D eigenvalue weighted by Crippen LogP contribution is -2.28. The van der Waals surface area contributed by atoms with Crippen molar-refractivity contribution in [3.05, 3.63) is 17.6 Å². The number of anilines is 1. The third-order valence-corrected chi connectivity index (χ3v) is 2.69. The van der Waals surface area contributed by atoms with Crippen LogP contribution in [-0.2, 0) is 6.42 Å². The van der Waals surface area contributed by atoms with Gasteiger partial charge in [-0.2, -0.15) is 0 Å². The minimum Gasteiger partial charge on any atom is -0.356 e. The van der Waals surface area contributed by atoms with Crippen LogP contribution < -0.4 is 10.6 Å². The summed E-state index contributed by atoms with van der Waals surface area (Å²) in [6, 6.07) is 2.10. The van der Waals surface area contributed by atoms with Crippen LogP contribution in [-0.4, -0.2) is 29.6 Å². The number of nitrogens with two attached hydrogens (primary N) is 1. The zero-order valence-corrected chi connectivity index (χ0v) is 11.2. The van der Waals surface area contributed by atoms with Gasteiger partial charge in [0.1, 0.15) is 11.6 Å². The standard InChI is InChI=1S/C13H24N4/c1-4-8-17(9-6-7-14)13-10-12(5-2)15-11(3)16-13/h10H,4-9,14H2,1-3H3. The van der Waals surface area contributed by atoms with Crippen LogP contribution in [0.15, 0.2) is 6.07 Å². The molecule has 0 saturated carbocycles. The van der Waals surface area contributed by atoms with Crippen molar-refractivity contribution in [2.75, 3.05) is 24.5 Å². The second-order valence-corrected chi connectivity index (χ2v) is 4.25. The Kier molecular flexibility index (Phi) is 5.91. The fourth-order valence-electron chi connectivity index (χ4n) is 1.85. The van der Waals surface area contributed by atoms with Crippen LogP contribution in [0, 0.1) is 6.92 Å². The maximum Gasteiger partial charge on any atom is 0.132 e. The summed E-state index contributed by atoms with van der Waals surface area (Å²) in [4.78, 5) is 11.2. The molecule has 0 spiro atoms. The van der Waals surface area contributed by atoms with E-state index in [1.807, 2.05) is 6.92 Å². The van der Waals surface area contributed by atoms with Gasteiger partial charge >= 0.3 is 0 Å². The molecule has 1 aromatic heterocycles. The van der Waals surface area contributed by atoms with Gasteiger partial charge in [0.15, 0.2) is 0 Å². The highest BCUT2D eigenvalue weighted by Gasteiger charge is 2.08. The predicted octanol–water partition coefficient (Wildman–Crippen LogP) is 1.91. The molecule has 2 N–H and O–H groups in total. The van der Waals surface area contributed by atoms with Gasteiger partial charge in [0, 0.05) is 24.8 Å². The zero-order valence-electron chi connectivity index (χ0n) is 11.2. The van der Waals surface area contributed by atoms with Gasteiger partial charge in [0.2, 0.25) is 0 Å². The molecular formula is C13H24N4. The molecule has 1 aromatic rings. The maximum atomic E-state index is 5.58. The van der Waals surface area contributed by atoms with Gasteiger partial charge in [0.25, 0.3) is 0 Å². The molecular weight excluding hydrogens is 212 g/mol. The van der Waals surface area contributed by atoms with Crippen LogP contribution in [0.3, 0.4) is 0 Å². The number of nitrogens with zero attached hydrogens (tertiary/aromatic N) is 3. The third kappa shape index (κ3) is 4.30. The molecule has 0 atom stereocenters. The molecule has 0 aliphatic carbocycles. The Morgan fingerprint density at radius 3 is 2.59 bits per heavy atom. The normalized spacial score (nSPS) is 10.6. The van der Waals surface area contributed by atoms with E-state index in [9.17, 15) is 0 Å². The average Bonchev–Trinajstić information content (AvgIpc) is 2.33. The van der Waals surface area contributed by atoms with Crippen LogP contribution >= 0.6 is 0 Å². The van der Waals surface area contributed by atoms with Crippen LogP contribution in [0.5, 0.6) is 0 Å². The van der Waals surface area contributed by atoms with Crippen molar-refractivity contribution in [2.45, 2.75) is 40.0 Å². The van der Waals surface area contributed by atoms with E-state index in [2.05, 4.69) is 34.8 Å². The topological polar surface area (TPSA) is 55.0 Å². The number of hydrogen-bond donors (Lipinski definition) is 1. The van der Waals surface area contributed by atoms with E-state index >= 15 is 0 Å². The minimum absolute atomic E-state index is 0.727. The quantitative estimate of drug-likeness (QED) is 0.785. The summed E-state index contributed by atoms with van der Waals surface area (Å²) < 4.78 is 0. The Labute approximate surface area is 104 Å². The summed E-state index contributed by atoms with van der Waals surface area (Å²) in [6.45, 7) is 8.99. The van der Waals surface area contributed by atoms with E-state index in [0.717, 1.165) is 56.2 Å². The van der Waals surface area contributed by atoms with Crippen molar-refractivity contribution >= 4 is 5.82 Å². The molecule has 1 rings (SSSR count). The van der Waals surface area contributed by atoms with E-state index in [4.69, 9.17) is 5.73 Å². The average molecular weight is 236 g/mol. The Morgan fingerprint density at radius 2 is 2.00 bits per heavy atom. The number of aryl methyl sites for hydroxylation is 2. The summed E-state index contributed by atoms with van der Waals surface area (Å²) >= 11 is 0. The van der Waals surface area contributed by atoms with Gasteiger partial charge in [-0.05, 0) is 32.7 Å². The highest BCUT2D eigenvalue weighted by atomic mass is 15.2. The second-order valence-electron chi connectivity index (χ2n) is 4.25. The van der Waals surface area contributed by atoms with Crippen molar-refractivity contribution in [1.82, 2.24) is 9.97 Å². The lowest BCUT2D eigenvalue weighted by molar-refractivity contribution is 0.707. The minimum atomic E-state index is 0.727. The summed E-state index contributed by atoms with van der Waals surface area (Å²) in [5.74, 6) is 1.90. The molecule has 0 aliphatic rings. The molecule has 0 bridgehead atoms. The molecule has 1 heterocycles. The highest BCUT2D eigenvalue weighted by Crippen LogP contribution is 2.14. The molecule has 0 radical (unpaired) electrons. The third-order valence-electron chi connectivity index (χ3n) is 2.69. The second kappa shape index (κ2) is 7.22. The molecule has 0 aromatic carbocycles. The lowest BCUT2D eigenvalue weighted by atomic mass is 10.2. The monoisotopic (exact) mass is 236 g/mol. The number of hydrogen-bond acceptors (Lipinski definition) is 4. The Hall–Kier alpha value is -1.16. The zero-order chi connectivity index (χ0) is 12.7. The Bertz CT molecular complexity index is 338. The van der Waals surface area contributed by atoms with Crippen molar-refractivity contribution in [2.24, 2.45) is 5.73 Å². The predicted molar refractivity (Wildman–Crippen MR) is 72.3 cm³/mol. The van der Waals surface area contributed by atoms with E-state index in [-0.39, 0.29) is 0 Å². The summed E-state index contributed by atoms with van der Waals surface area (Å²) in [6.07, 6.45) is 3.08. The summed E-state index contributed by atoms with van der Waals surface area (Å²) in [7, 11) is 0. The molecule has 0 aliphatic heterocycles. The van der Waals surface area contributed by atoms with E-state index in [1.165, 1.54) is 0 Å². The molecule has 0 saturated heterocycles. The fourth-order valence-corrected chi connectivity index (χ4v) is 1.85. The Morgan fingerprint density at radius 1 is 1.24 bits per heavy atom. The van der Waals surface area contributed by atoms with Crippen LogP contribution in [0.25, 0.3) is 0 Å². The maximum absolute atomic E-state index is 5.58. The molecule has 0 fully saturated rings. The first-order chi connectivity index (χ1) is 8.21. The Balaban J connectivity index is 2.87. The van der Waals surface area contributed by atoms with E-state index in [0.29, 0.717) is 0 Å². The van der Waals surface area contributed by atoms with Gasteiger partial charge in [0.05, 0.1) is 0 Å². The first-order valence-electron chi connectivity index (χ1n) is 6.50. The molecule has 96 valence electrons. The van der Waals surface area contributed by atoms with Crippen molar-refractivity contribution in [3.8, 4) is 0 Å². The van der Waals surface area contributed by atoms with Crippen LogP contribution in [0.2, 0.25) is 0 Å². The molecule has 0 amide bonds. The fraction of sp³-hybridized carbons (Fsp3) is 0.692. The highest BCUT2D eigenvalue weighted by molar-refractivity contribution is 5.39. The first kappa shape index (κ1) is 13.9. The summed E-state index contributed by atoms with van der Waals surface area (Å²) in [5, 5.41) is 0. The van der Waals surface area contributed by atoms with E-state index < -0.39 is 0 Å². The van der Waals surface area contributed by atoms with Crippen molar-refractivity contribution in [3.63, 3.8) is 0 Å². The van der Waals surface area contributed by atoms with Gasteiger partial charge in [-0.3, -0.25) is 0 Å². The molecule has 0 unspecified atom stereocenters. The molecule has 4 heteroatoms. The first-order valence-corrected chi connectivity index (χ1v) is 6.50. The van der Waals surface area contributed by atoms with Crippen molar-refractivity contribution < 1.29 is 0 Å². The lowest BCUT2D eigenvalue weighted by Gasteiger charge is -2.23.